The summed E-state index contributed by atoms with van der Waals surface area (Å²) in [4.78, 5) is 14.7. The molecule has 0 fully saturated rings. The lowest BCUT2D eigenvalue weighted by Crippen LogP contribution is -2.30. The molecule has 0 aliphatic heterocycles. The fourth-order valence-electron chi connectivity index (χ4n) is 2.82. The van der Waals surface area contributed by atoms with E-state index >= 15 is 0 Å². The van der Waals surface area contributed by atoms with E-state index in [-0.39, 0.29) is 12.5 Å². The SMILES string of the molecule is CCN(Cc1ccc(C(=O)NCc2ccccc2CO)cc1)C(C)C. The number of aliphatic hydroxyl groups excluding tert-OH is 1. The highest BCUT2D eigenvalue weighted by atomic mass is 16.3. The van der Waals surface area contributed by atoms with Crippen molar-refractivity contribution in [2.75, 3.05) is 6.54 Å². The monoisotopic (exact) mass is 340 g/mol. The quantitative estimate of drug-likeness (QED) is 0.775. The van der Waals surface area contributed by atoms with Crippen molar-refractivity contribution in [1.82, 2.24) is 10.2 Å². The Morgan fingerprint density at radius 1 is 1.08 bits per heavy atom. The number of benzene rings is 2. The van der Waals surface area contributed by atoms with Crippen molar-refractivity contribution in [3.05, 3.63) is 70.8 Å². The van der Waals surface area contributed by atoms with Crippen molar-refractivity contribution in [3.63, 3.8) is 0 Å². The van der Waals surface area contributed by atoms with Gasteiger partial charge in [-0.15, -0.1) is 0 Å². The Morgan fingerprint density at radius 3 is 2.28 bits per heavy atom. The molecule has 2 N–H and O–H groups in total. The Labute approximate surface area is 150 Å². The van der Waals surface area contributed by atoms with E-state index in [1.165, 1.54) is 5.56 Å². The average molecular weight is 340 g/mol. The fourth-order valence-corrected chi connectivity index (χ4v) is 2.82. The molecule has 134 valence electrons. The summed E-state index contributed by atoms with van der Waals surface area (Å²) >= 11 is 0. The number of rotatable bonds is 8. The smallest absolute Gasteiger partial charge is 0.251 e. The van der Waals surface area contributed by atoms with E-state index in [2.05, 4.69) is 31.0 Å². The first-order chi connectivity index (χ1) is 12.0. The van der Waals surface area contributed by atoms with E-state index in [0.29, 0.717) is 18.2 Å². The Bertz CT molecular complexity index is 681. The minimum atomic E-state index is -0.101. The van der Waals surface area contributed by atoms with E-state index in [0.717, 1.165) is 24.2 Å². The van der Waals surface area contributed by atoms with Gasteiger partial charge in [0.05, 0.1) is 6.61 Å². The van der Waals surface area contributed by atoms with Crippen LogP contribution in [0, 0.1) is 0 Å². The van der Waals surface area contributed by atoms with Crippen LogP contribution in [0.4, 0.5) is 0 Å². The second-order valence-electron chi connectivity index (χ2n) is 6.46. The van der Waals surface area contributed by atoms with Gasteiger partial charge in [0.25, 0.3) is 5.91 Å². The molecule has 25 heavy (non-hydrogen) atoms. The van der Waals surface area contributed by atoms with Crippen molar-refractivity contribution in [2.45, 2.75) is 46.5 Å². The molecule has 0 saturated carbocycles. The standard InChI is InChI=1S/C21H28N2O2/c1-4-23(16(2)3)14-17-9-11-18(12-10-17)21(25)22-13-19-7-5-6-8-20(19)15-24/h5-12,16,24H,4,13-15H2,1-3H3,(H,22,25). The van der Waals surface area contributed by atoms with E-state index in [9.17, 15) is 9.90 Å². The van der Waals surface area contributed by atoms with Gasteiger partial charge in [0.2, 0.25) is 0 Å². The molecule has 0 radical (unpaired) electrons. The third-order valence-electron chi connectivity index (χ3n) is 4.47. The van der Waals surface area contributed by atoms with Crippen LogP contribution in [0.2, 0.25) is 0 Å². The summed E-state index contributed by atoms with van der Waals surface area (Å²) in [5, 5.41) is 12.3. The van der Waals surface area contributed by atoms with Gasteiger partial charge in [0.15, 0.2) is 0 Å². The van der Waals surface area contributed by atoms with Gasteiger partial charge in [-0.05, 0) is 49.2 Å². The van der Waals surface area contributed by atoms with Crippen LogP contribution in [0.25, 0.3) is 0 Å². The van der Waals surface area contributed by atoms with Gasteiger partial charge in [-0.3, -0.25) is 9.69 Å². The van der Waals surface area contributed by atoms with Gasteiger partial charge < -0.3 is 10.4 Å². The predicted molar refractivity (Wildman–Crippen MR) is 101 cm³/mol. The molecular weight excluding hydrogens is 312 g/mol. The van der Waals surface area contributed by atoms with Crippen molar-refractivity contribution >= 4 is 5.91 Å². The third kappa shape index (κ3) is 5.41. The van der Waals surface area contributed by atoms with Crippen LogP contribution < -0.4 is 5.32 Å². The highest BCUT2D eigenvalue weighted by Crippen LogP contribution is 2.11. The molecule has 4 heteroatoms. The summed E-state index contributed by atoms with van der Waals surface area (Å²) in [6.45, 7) is 8.82. The van der Waals surface area contributed by atoms with Crippen LogP contribution in [-0.4, -0.2) is 28.5 Å². The molecule has 0 aromatic heterocycles. The molecule has 2 aromatic rings. The summed E-state index contributed by atoms with van der Waals surface area (Å²) in [6.07, 6.45) is 0. The van der Waals surface area contributed by atoms with Gasteiger partial charge in [-0.25, -0.2) is 0 Å². The molecule has 4 nitrogen and oxygen atoms in total. The molecule has 0 atom stereocenters. The second-order valence-corrected chi connectivity index (χ2v) is 6.46. The van der Waals surface area contributed by atoms with E-state index < -0.39 is 0 Å². The van der Waals surface area contributed by atoms with Crippen molar-refractivity contribution < 1.29 is 9.90 Å². The molecule has 2 aromatic carbocycles. The first-order valence-corrected chi connectivity index (χ1v) is 8.84. The molecule has 0 unspecified atom stereocenters. The maximum absolute atomic E-state index is 12.3. The van der Waals surface area contributed by atoms with Gasteiger partial charge in [0.1, 0.15) is 0 Å². The van der Waals surface area contributed by atoms with Crippen LogP contribution in [0.3, 0.4) is 0 Å². The minimum absolute atomic E-state index is 0.0233. The summed E-state index contributed by atoms with van der Waals surface area (Å²) < 4.78 is 0. The maximum atomic E-state index is 12.3. The van der Waals surface area contributed by atoms with Crippen LogP contribution in [0.5, 0.6) is 0 Å². The van der Waals surface area contributed by atoms with Crippen molar-refractivity contribution in [3.8, 4) is 0 Å². The first-order valence-electron chi connectivity index (χ1n) is 8.84. The lowest BCUT2D eigenvalue weighted by Gasteiger charge is -2.24. The zero-order valence-corrected chi connectivity index (χ0v) is 15.3. The molecule has 0 aliphatic rings. The summed E-state index contributed by atoms with van der Waals surface area (Å²) in [6, 6.07) is 15.8. The maximum Gasteiger partial charge on any atom is 0.251 e. The average Bonchev–Trinajstić information content (AvgIpc) is 2.64. The van der Waals surface area contributed by atoms with Crippen molar-refractivity contribution in [2.24, 2.45) is 0 Å². The lowest BCUT2D eigenvalue weighted by molar-refractivity contribution is 0.0950. The molecule has 1 amide bonds. The number of nitrogens with zero attached hydrogens (tertiary/aromatic N) is 1. The zero-order chi connectivity index (χ0) is 18.2. The number of aliphatic hydroxyl groups is 1. The van der Waals surface area contributed by atoms with Crippen LogP contribution >= 0.6 is 0 Å². The second kappa shape index (κ2) is 9.35. The number of hydrogen-bond acceptors (Lipinski definition) is 3. The Morgan fingerprint density at radius 2 is 1.72 bits per heavy atom. The molecule has 0 aliphatic carbocycles. The summed E-state index contributed by atoms with van der Waals surface area (Å²) in [5.41, 5.74) is 3.63. The van der Waals surface area contributed by atoms with Crippen molar-refractivity contribution in [1.29, 1.82) is 0 Å². The van der Waals surface area contributed by atoms with Gasteiger partial charge >= 0.3 is 0 Å². The van der Waals surface area contributed by atoms with Gasteiger partial charge in [-0.1, -0.05) is 43.3 Å². The molecule has 0 spiro atoms. The first kappa shape index (κ1) is 19.2. The lowest BCUT2D eigenvalue weighted by atomic mass is 10.1. The minimum Gasteiger partial charge on any atom is -0.392 e. The Balaban J connectivity index is 1.96. The summed E-state index contributed by atoms with van der Waals surface area (Å²) in [7, 11) is 0. The highest BCUT2D eigenvalue weighted by molar-refractivity contribution is 5.94. The van der Waals surface area contributed by atoms with Crippen LogP contribution in [0.1, 0.15) is 47.8 Å². The van der Waals surface area contributed by atoms with E-state index in [1.54, 1.807) is 0 Å². The highest BCUT2D eigenvalue weighted by Gasteiger charge is 2.10. The Kier molecular flexibility index (Phi) is 7.16. The topological polar surface area (TPSA) is 52.6 Å². The number of amides is 1. The Hall–Kier alpha value is -2.17. The van der Waals surface area contributed by atoms with Gasteiger partial charge in [0, 0.05) is 24.7 Å². The third-order valence-corrected chi connectivity index (χ3v) is 4.47. The predicted octanol–water partition coefficient (Wildman–Crippen LogP) is 3.34. The number of nitrogens with one attached hydrogen (secondary N) is 1. The number of hydrogen-bond donors (Lipinski definition) is 2. The molecular formula is C21H28N2O2. The van der Waals surface area contributed by atoms with Gasteiger partial charge in [-0.2, -0.15) is 0 Å². The fraction of sp³-hybridized carbons (Fsp3) is 0.381. The molecule has 2 rings (SSSR count). The van der Waals surface area contributed by atoms with E-state index in [1.807, 2.05) is 48.5 Å². The molecule has 0 heterocycles. The summed E-state index contributed by atoms with van der Waals surface area (Å²) in [5.74, 6) is -0.101. The largest absolute Gasteiger partial charge is 0.392 e. The number of carbonyl (C=O) groups is 1. The molecule has 0 saturated heterocycles. The van der Waals surface area contributed by atoms with Crippen LogP contribution in [-0.2, 0) is 19.7 Å². The number of carbonyl (C=O) groups excluding carboxylic acids is 1. The zero-order valence-electron chi connectivity index (χ0n) is 15.3. The van der Waals surface area contributed by atoms with Crippen LogP contribution in [0.15, 0.2) is 48.5 Å². The normalized spacial score (nSPS) is 11.1. The van der Waals surface area contributed by atoms with E-state index in [4.69, 9.17) is 0 Å². The molecule has 0 bridgehead atoms.